The van der Waals surface area contributed by atoms with E-state index in [0.717, 1.165) is 20.7 Å². The van der Waals surface area contributed by atoms with Gasteiger partial charge in [-0.05, 0) is 58.6 Å². The van der Waals surface area contributed by atoms with E-state index < -0.39 is 0 Å². The molecule has 6 nitrogen and oxygen atoms in total. The summed E-state index contributed by atoms with van der Waals surface area (Å²) in [7, 11) is 1.61. The molecule has 3 rings (SSSR count). The lowest BCUT2D eigenvalue weighted by atomic mass is 10.2. The van der Waals surface area contributed by atoms with Gasteiger partial charge < -0.3 is 10.2 Å². The summed E-state index contributed by atoms with van der Waals surface area (Å²) in [5.74, 6) is -0.461. The predicted molar refractivity (Wildman–Crippen MR) is 115 cm³/mol. The number of hydrogen-bond donors (Lipinski definition) is 1. The fraction of sp³-hybridized carbons (Fsp3) is 0.150. The molecule has 1 heterocycles. The van der Waals surface area contributed by atoms with Gasteiger partial charge in [-0.15, -0.1) is 11.8 Å². The van der Waals surface area contributed by atoms with Gasteiger partial charge in [0.1, 0.15) is 0 Å². The van der Waals surface area contributed by atoms with E-state index >= 15 is 0 Å². The number of carbonyl (C=O) groups is 2. The van der Waals surface area contributed by atoms with Gasteiger partial charge in [-0.3, -0.25) is 9.59 Å². The third-order valence-electron chi connectivity index (χ3n) is 4.04. The lowest BCUT2D eigenvalue weighted by Gasteiger charge is -2.17. The fourth-order valence-electron chi connectivity index (χ4n) is 2.64. The molecule has 0 radical (unpaired) electrons. The molecular weight excluding hydrogens is 440 g/mol. The summed E-state index contributed by atoms with van der Waals surface area (Å²) < 4.78 is 2.58. The minimum atomic E-state index is -0.240. The summed E-state index contributed by atoms with van der Waals surface area (Å²) in [5, 5.41) is 7.07. The Morgan fingerprint density at radius 3 is 2.54 bits per heavy atom. The van der Waals surface area contributed by atoms with Crippen LogP contribution in [0.1, 0.15) is 10.4 Å². The quantitative estimate of drug-likeness (QED) is 0.565. The number of thioether (sulfide) groups is 1. The van der Waals surface area contributed by atoms with Crippen LogP contribution >= 0.6 is 27.7 Å². The number of carbonyl (C=O) groups excluding carboxylic acids is 2. The summed E-state index contributed by atoms with van der Waals surface area (Å²) in [6.07, 6.45) is 5.48. The first-order valence-corrected chi connectivity index (χ1v) is 10.5. The Balaban J connectivity index is 1.63. The van der Waals surface area contributed by atoms with E-state index in [1.165, 1.54) is 4.90 Å². The summed E-state index contributed by atoms with van der Waals surface area (Å²) >= 11 is 4.91. The van der Waals surface area contributed by atoms with Gasteiger partial charge in [-0.2, -0.15) is 5.10 Å². The average molecular weight is 459 g/mol. The maximum absolute atomic E-state index is 12.6. The van der Waals surface area contributed by atoms with Gasteiger partial charge in [-0.25, -0.2) is 4.68 Å². The number of nitrogens with one attached hydrogen (secondary N) is 1. The first-order valence-electron chi connectivity index (χ1n) is 8.47. The van der Waals surface area contributed by atoms with Crippen molar-refractivity contribution < 1.29 is 9.59 Å². The normalized spacial score (nSPS) is 10.5. The molecule has 144 valence electrons. The summed E-state index contributed by atoms with van der Waals surface area (Å²) in [4.78, 5) is 27.3. The van der Waals surface area contributed by atoms with Crippen LogP contribution in [0.4, 0.5) is 5.69 Å². The van der Waals surface area contributed by atoms with Crippen LogP contribution in [0.3, 0.4) is 0 Å². The number of aromatic nitrogens is 2. The molecule has 0 spiro atoms. The van der Waals surface area contributed by atoms with Crippen LogP contribution < -0.4 is 5.32 Å². The zero-order valence-electron chi connectivity index (χ0n) is 15.4. The Hall–Kier alpha value is -2.58. The second-order valence-corrected chi connectivity index (χ2v) is 7.82. The molecule has 0 fully saturated rings. The van der Waals surface area contributed by atoms with E-state index in [0.29, 0.717) is 5.56 Å². The maximum atomic E-state index is 12.6. The van der Waals surface area contributed by atoms with Crippen molar-refractivity contribution in [3.8, 4) is 5.69 Å². The van der Waals surface area contributed by atoms with Crippen molar-refractivity contribution in [1.82, 2.24) is 14.7 Å². The van der Waals surface area contributed by atoms with Gasteiger partial charge in [-0.1, -0.05) is 12.1 Å². The SMILES string of the molecule is CSc1ccccc1NC(=O)CN(C)C(=O)c1ccc(-n2cc(Br)cn2)cc1. The molecular formula is C20H19BrN4O2S. The van der Waals surface area contributed by atoms with Crippen LogP contribution in [-0.4, -0.2) is 46.3 Å². The number of hydrogen-bond acceptors (Lipinski definition) is 4. The molecule has 8 heteroatoms. The Labute approximate surface area is 176 Å². The molecule has 3 aromatic rings. The summed E-state index contributed by atoms with van der Waals surface area (Å²) in [6.45, 7) is -0.0323. The number of anilines is 1. The van der Waals surface area contributed by atoms with Crippen LogP contribution in [0.5, 0.6) is 0 Å². The second kappa shape index (κ2) is 9.07. The van der Waals surface area contributed by atoms with E-state index in [1.807, 2.05) is 48.9 Å². The van der Waals surface area contributed by atoms with Crippen molar-refractivity contribution in [2.45, 2.75) is 4.90 Å². The van der Waals surface area contributed by atoms with Gasteiger partial charge in [0.25, 0.3) is 5.91 Å². The highest BCUT2D eigenvalue weighted by Gasteiger charge is 2.16. The van der Waals surface area contributed by atoms with E-state index in [4.69, 9.17) is 0 Å². The third-order valence-corrected chi connectivity index (χ3v) is 5.24. The molecule has 0 aliphatic heterocycles. The molecule has 0 unspecified atom stereocenters. The van der Waals surface area contributed by atoms with Crippen LogP contribution in [0.2, 0.25) is 0 Å². The highest BCUT2D eigenvalue weighted by atomic mass is 79.9. The van der Waals surface area contributed by atoms with Crippen LogP contribution in [-0.2, 0) is 4.79 Å². The van der Waals surface area contributed by atoms with Gasteiger partial charge in [0.2, 0.25) is 5.91 Å². The molecule has 0 aliphatic rings. The number of amides is 2. The van der Waals surface area contributed by atoms with Crippen molar-refractivity contribution in [3.05, 3.63) is 71.0 Å². The number of para-hydroxylation sites is 1. The van der Waals surface area contributed by atoms with Gasteiger partial charge >= 0.3 is 0 Å². The standard InChI is InChI=1S/C20H19BrN4O2S/c1-24(13-19(26)23-17-5-3-4-6-18(17)28-2)20(27)14-7-9-16(10-8-14)25-12-15(21)11-22-25/h3-12H,13H2,1-2H3,(H,23,26). The first-order chi connectivity index (χ1) is 13.5. The number of halogens is 1. The summed E-state index contributed by atoms with van der Waals surface area (Å²) in [5.41, 5.74) is 2.10. The monoisotopic (exact) mass is 458 g/mol. The van der Waals surface area contributed by atoms with Gasteiger partial charge in [0.15, 0.2) is 0 Å². The van der Waals surface area contributed by atoms with Crippen molar-refractivity contribution in [2.24, 2.45) is 0 Å². The minimum Gasteiger partial charge on any atom is -0.332 e. The average Bonchev–Trinajstić information content (AvgIpc) is 3.14. The van der Waals surface area contributed by atoms with Crippen molar-refractivity contribution in [2.75, 3.05) is 25.2 Å². The predicted octanol–water partition coefficient (Wildman–Crippen LogP) is 4.07. The number of benzene rings is 2. The Kier molecular flexibility index (Phi) is 6.53. The Bertz CT molecular complexity index is 988. The smallest absolute Gasteiger partial charge is 0.254 e. The minimum absolute atomic E-state index is 0.0323. The first kappa shape index (κ1) is 20.2. The van der Waals surface area contributed by atoms with Crippen molar-refractivity contribution in [1.29, 1.82) is 0 Å². The Morgan fingerprint density at radius 1 is 1.18 bits per heavy atom. The molecule has 0 saturated carbocycles. The molecule has 2 aromatic carbocycles. The molecule has 0 aliphatic carbocycles. The van der Waals surface area contributed by atoms with Crippen molar-refractivity contribution in [3.63, 3.8) is 0 Å². The van der Waals surface area contributed by atoms with Crippen LogP contribution in [0.25, 0.3) is 5.69 Å². The zero-order valence-corrected chi connectivity index (χ0v) is 17.8. The molecule has 0 bridgehead atoms. The molecule has 2 amide bonds. The lowest BCUT2D eigenvalue weighted by Crippen LogP contribution is -2.35. The Morgan fingerprint density at radius 2 is 1.89 bits per heavy atom. The molecule has 0 saturated heterocycles. The van der Waals surface area contributed by atoms with E-state index in [2.05, 4.69) is 26.3 Å². The molecule has 1 N–H and O–H groups in total. The number of likely N-dealkylation sites (N-methyl/N-ethyl adjacent to an activating group) is 1. The number of nitrogens with zero attached hydrogens (tertiary/aromatic N) is 3. The fourth-order valence-corrected chi connectivity index (χ4v) is 3.48. The van der Waals surface area contributed by atoms with E-state index in [-0.39, 0.29) is 18.4 Å². The third kappa shape index (κ3) is 4.82. The topological polar surface area (TPSA) is 67.2 Å². The van der Waals surface area contributed by atoms with E-state index in [9.17, 15) is 9.59 Å². The number of rotatable bonds is 6. The second-order valence-electron chi connectivity index (χ2n) is 6.06. The highest BCUT2D eigenvalue weighted by Crippen LogP contribution is 2.24. The van der Waals surface area contributed by atoms with Gasteiger partial charge in [0, 0.05) is 23.7 Å². The van der Waals surface area contributed by atoms with Crippen molar-refractivity contribution >= 4 is 45.2 Å². The van der Waals surface area contributed by atoms with Crippen LogP contribution in [0, 0.1) is 0 Å². The highest BCUT2D eigenvalue weighted by molar-refractivity contribution is 9.10. The van der Waals surface area contributed by atoms with Gasteiger partial charge in [0.05, 0.1) is 28.6 Å². The lowest BCUT2D eigenvalue weighted by molar-refractivity contribution is -0.116. The zero-order chi connectivity index (χ0) is 20.1. The molecule has 0 atom stereocenters. The van der Waals surface area contributed by atoms with E-state index in [1.54, 1.807) is 41.8 Å². The maximum Gasteiger partial charge on any atom is 0.254 e. The molecule has 28 heavy (non-hydrogen) atoms. The molecule has 1 aromatic heterocycles. The van der Waals surface area contributed by atoms with Crippen LogP contribution in [0.15, 0.2) is 70.3 Å². The summed E-state index contributed by atoms with van der Waals surface area (Å²) in [6, 6.07) is 14.7. The largest absolute Gasteiger partial charge is 0.332 e.